The van der Waals surface area contributed by atoms with E-state index in [4.69, 9.17) is 9.47 Å². The second-order valence-electron chi connectivity index (χ2n) is 3.50. The molecule has 92 valence electrons. The summed E-state index contributed by atoms with van der Waals surface area (Å²) in [6, 6.07) is 0. The predicted octanol–water partition coefficient (Wildman–Crippen LogP) is 1.38. The third-order valence-electron chi connectivity index (χ3n) is 2.17. The lowest BCUT2D eigenvalue weighted by molar-refractivity contribution is 0.0722. The first-order valence-corrected chi connectivity index (χ1v) is 6.26. The van der Waals surface area contributed by atoms with Gasteiger partial charge in [0.15, 0.2) is 0 Å². The van der Waals surface area contributed by atoms with E-state index in [9.17, 15) is 0 Å². The molecule has 0 saturated heterocycles. The van der Waals surface area contributed by atoms with Crippen LogP contribution in [0.2, 0.25) is 0 Å². The summed E-state index contributed by atoms with van der Waals surface area (Å²) >= 11 is 1.76. The van der Waals surface area contributed by atoms with Crippen LogP contribution in [0.4, 0.5) is 0 Å². The van der Waals surface area contributed by atoms with Crippen molar-refractivity contribution in [3.8, 4) is 0 Å². The normalized spacial score (nSPS) is 10.9. The molecule has 0 atom stereocenters. The van der Waals surface area contributed by atoms with Gasteiger partial charge in [0.1, 0.15) is 0 Å². The van der Waals surface area contributed by atoms with E-state index in [1.807, 2.05) is 7.05 Å². The van der Waals surface area contributed by atoms with E-state index in [-0.39, 0.29) is 0 Å². The van der Waals surface area contributed by atoms with Gasteiger partial charge in [-0.05, 0) is 14.0 Å². The molecule has 0 aliphatic carbocycles. The van der Waals surface area contributed by atoms with Crippen molar-refractivity contribution in [2.24, 2.45) is 0 Å². The number of nitrogens with zero attached hydrogens (tertiary/aromatic N) is 1. The van der Waals surface area contributed by atoms with Crippen LogP contribution in [0.3, 0.4) is 0 Å². The number of rotatable bonds is 8. The standard InChI is InChI=1S/C11H20N2O2S/c1-9-10(8-12-2)16-11(13-9)4-5-15-7-6-14-3/h12H,4-8H2,1-3H3. The number of aryl methyl sites for hydroxylation is 1. The second-order valence-corrected chi connectivity index (χ2v) is 4.67. The summed E-state index contributed by atoms with van der Waals surface area (Å²) < 4.78 is 10.3. The Hall–Kier alpha value is -0.490. The van der Waals surface area contributed by atoms with E-state index >= 15 is 0 Å². The second kappa shape index (κ2) is 7.73. The molecule has 1 heterocycles. The molecule has 4 nitrogen and oxygen atoms in total. The monoisotopic (exact) mass is 244 g/mol. The van der Waals surface area contributed by atoms with Crippen LogP contribution >= 0.6 is 11.3 Å². The van der Waals surface area contributed by atoms with E-state index < -0.39 is 0 Å². The maximum atomic E-state index is 5.41. The third-order valence-corrected chi connectivity index (χ3v) is 3.38. The van der Waals surface area contributed by atoms with Crippen LogP contribution in [-0.2, 0) is 22.4 Å². The molecular formula is C11H20N2O2S. The van der Waals surface area contributed by atoms with E-state index in [0.717, 1.165) is 30.3 Å². The summed E-state index contributed by atoms with van der Waals surface area (Å²) in [5, 5.41) is 4.30. The maximum Gasteiger partial charge on any atom is 0.0954 e. The summed E-state index contributed by atoms with van der Waals surface area (Å²) in [7, 11) is 3.63. The van der Waals surface area contributed by atoms with Crippen LogP contribution in [0, 0.1) is 6.92 Å². The lowest BCUT2D eigenvalue weighted by Gasteiger charge is -2.00. The average Bonchev–Trinajstić information content (AvgIpc) is 2.60. The van der Waals surface area contributed by atoms with Gasteiger partial charge in [0, 0.05) is 25.0 Å². The Morgan fingerprint density at radius 2 is 2.12 bits per heavy atom. The van der Waals surface area contributed by atoms with Crippen LogP contribution in [0.5, 0.6) is 0 Å². The number of hydrogen-bond acceptors (Lipinski definition) is 5. The minimum atomic E-state index is 0.655. The fourth-order valence-corrected chi connectivity index (χ4v) is 2.39. The molecule has 0 unspecified atom stereocenters. The summed E-state index contributed by atoms with van der Waals surface area (Å²) in [6.45, 7) is 4.98. The Morgan fingerprint density at radius 1 is 1.31 bits per heavy atom. The summed E-state index contributed by atoms with van der Waals surface area (Å²) in [5.74, 6) is 0. The molecule has 0 amide bonds. The molecule has 0 aliphatic rings. The third kappa shape index (κ3) is 4.57. The molecule has 0 saturated carbocycles. The molecule has 0 bridgehead atoms. The minimum absolute atomic E-state index is 0.655. The molecule has 5 heteroatoms. The summed E-state index contributed by atoms with van der Waals surface area (Å²) in [5.41, 5.74) is 1.13. The molecule has 1 N–H and O–H groups in total. The molecule has 0 aromatic carbocycles. The Morgan fingerprint density at radius 3 is 2.81 bits per heavy atom. The van der Waals surface area contributed by atoms with E-state index in [2.05, 4.69) is 17.2 Å². The van der Waals surface area contributed by atoms with Crippen molar-refractivity contribution in [2.75, 3.05) is 34.0 Å². The molecule has 1 aromatic rings. The molecule has 16 heavy (non-hydrogen) atoms. The maximum absolute atomic E-state index is 5.41. The van der Waals surface area contributed by atoms with Gasteiger partial charge < -0.3 is 14.8 Å². The van der Waals surface area contributed by atoms with Crippen molar-refractivity contribution < 1.29 is 9.47 Å². The zero-order chi connectivity index (χ0) is 11.8. The van der Waals surface area contributed by atoms with Gasteiger partial charge in [-0.25, -0.2) is 4.98 Å². The van der Waals surface area contributed by atoms with Crippen molar-refractivity contribution in [1.82, 2.24) is 10.3 Å². The van der Waals surface area contributed by atoms with Gasteiger partial charge in [-0.15, -0.1) is 11.3 Å². The number of thiazole rings is 1. The van der Waals surface area contributed by atoms with Crippen molar-refractivity contribution in [3.05, 3.63) is 15.6 Å². The zero-order valence-electron chi connectivity index (χ0n) is 10.2. The van der Waals surface area contributed by atoms with Crippen LogP contribution in [-0.4, -0.2) is 39.0 Å². The highest BCUT2D eigenvalue weighted by molar-refractivity contribution is 7.11. The van der Waals surface area contributed by atoms with Gasteiger partial charge in [-0.3, -0.25) is 0 Å². The Balaban J connectivity index is 2.28. The minimum Gasteiger partial charge on any atom is -0.382 e. The van der Waals surface area contributed by atoms with E-state index in [1.54, 1.807) is 18.4 Å². The zero-order valence-corrected chi connectivity index (χ0v) is 11.0. The molecule has 0 aliphatic heterocycles. The van der Waals surface area contributed by atoms with Crippen LogP contribution < -0.4 is 5.32 Å². The Kier molecular flexibility index (Phi) is 6.56. The van der Waals surface area contributed by atoms with Crippen molar-refractivity contribution >= 4 is 11.3 Å². The number of hydrogen-bond donors (Lipinski definition) is 1. The number of methoxy groups -OCH3 is 1. The largest absolute Gasteiger partial charge is 0.382 e. The van der Waals surface area contributed by atoms with Crippen LogP contribution in [0.1, 0.15) is 15.6 Å². The van der Waals surface area contributed by atoms with Crippen molar-refractivity contribution in [1.29, 1.82) is 0 Å². The Bertz CT molecular complexity index is 302. The molecule has 0 spiro atoms. The molecule has 0 radical (unpaired) electrons. The molecule has 0 fully saturated rings. The summed E-state index contributed by atoms with van der Waals surface area (Å²) in [6.07, 6.45) is 0.888. The highest BCUT2D eigenvalue weighted by atomic mass is 32.1. The summed E-state index contributed by atoms with van der Waals surface area (Å²) in [4.78, 5) is 5.83. The fourth-order valence-electron chi connectivity index (χ4n) is 1.32. The molecule has 1 rings (SSSR count). The van der Waals surface area contributed by atoms with Crippen molar-refractivity contribution in [3.63, 3.8) is 0 Å². The van der Waals surface area contributed by atoms with Crippen molar-refractivity contribution in [2.45, 2.75) is 19.9 Å². The quantitative estimate of drug-likeness (QED) is 0.702. The highest BCUT2D eigenvalue weighted by Crippen LogP contribution is 2.18. The fraction of sp³-hybridized carbons (Fsp3) is 0.727. The van der Waals surface area contributed by atoms with Crippen LogP contribution in [0.15, 0.2) is 0 Å². The van der Waals surface area contributed by atoms with Gasteiger partial charge in [0.2, 0.25) is 0 Å². The predicted molar refractivity (Wildman–Crippen MR) is 66.0 cm³/mol. The van der Waals surface area contributed by atoms with Gasteiger partial charge in [0.25, 0.3) is 0 Å². The lowest BCUT2D eigenvalue weighted by atomic mass is 10.4. The first kappa shape index (κ1) is 13.6. The highest BCUT2D eigenvalue weighted by Gasteiger charge is 2.06. The van der Waals surface area contributed by atoms with E-state index in [1.165, 1.54) is 4.88 Å². The van der Waals surface area contributed by atoms with Gasteiger partial charge in [0.05, 0.1) is 30.5 Å². The lowest BCUT2D eigenvalue weighted by Crippen LogP contribution is -2.04. The first-order chi connectivity index (χ1) is 7.77. The smallest absolute Gasteiger partial charge is 0.0954 e. The number of ether oxygens (including phenoxy) is 2. The van der Waals surface area contributed by atoms with Gasteiger partial charge >= 0.3 is 0 Å². The number of aromatic nitrogens is 1. The van der Waals surface area contributed by atoms with E-state index in [0.29, 0.717) is 13.2 Å². The van der Waals surface area contributed by atoms with Gasteiger partial charge in [-0.1, -0.05) is 0 Å². The van der Waals surface area contributed by atoms with Gasteiger partial charge in [-0.2, -0.15) is 0 Å². The number of nitrogens with one attached hydrogen (secondary N) is 1. The molecular weight excluding hydrogens is 224 g/mol. The SMILES string of the molecule is CNCc1sc(CCOCCOC)nc1C. The first-order valence-electron chi connectivity index (χ1n) is 5.44. The topological polar surface area (TPSA) is 43.4 Å². The molecule has 1 aromatic heterocycles. The van der Waals surface area contributed by atoms with Crippen LogP contribution in [0.25, 0.3) is 0 Å². The average molecular weight is 244 g/mol. The Labute approximate surface area is 101 Å².